The molecule has 2 aliphatic rings. The summed E-state index contributed by atoms with van der Waals surface area (Å²) in [5.41, 5.74) is 6.83. The molecule has 7 heteroatoms. The van der Waals surface area contributed by atoms with Gasteiger partial charge in [-0.1, -0.05) is 39.0 Å². The Morgan fingerprint density at radius 3 is 2.55 bits per heavy atom. The van der Waals surface area contributed by atoms with Crippen molar-refractivity contribution < 1.29 is 9.53 Å². The molecule has 0 spiro atoms. The van der Waals surface area contributed by atoms with Crippen molar-refractivity contribution in [2.45, 2.75) is 91.0 Å². The Morgan fingerprint density at radius 2 is 1.84 bits per heavy atom. The van der Waals surface area contributed by atoms with Gasteiger partial charge in [0.1, 0.15) is 11.6 Å². The molecule has 0 aromatic carbocycles. The predicted molar refractivity (Wildman–Crippen MR) is 125 cm³/mol. The van der Waals surface area contributed by atoms with E-state index < -0.39 is 0 Å². The van der Waals surface area contributed by atoms with Crippen molar-refractivity contribution in [2.75, 3.05) is 36.9 Å². The highest BCUT2D eigenvalue weighted by atomic mass is 16.5. The number of aromatic nitrogens is 2. The van der Waals surface area contributed by atoms with Crippen LogP contribution in [0.1, 0.15) is 84.1 Å². The largest absolute Gasteiger partial charge is 0.463 e. The molecule has 1 aromatic heterocycles. The number of fused-ring (bicyclic) bond motifs is 1. The summed E-state index contributed by atoms with van der Waals surface area (Å²) in [6, 6.07) is 0.965. The van der Waals surface area contributed by atoms with Crippen LogP contribution < -0.4 is 15.4 Å². The molecule has 0 unspecified atom stereocenters. The lowest BCUT2D eigenvalue weighted by Gasteiger charge is -2.34. The zero-order valence-corrected chi connectivity index (χ0v) is 19.7. The fourth-order valence-corrected chi connectivity index (χ4v) is 4.64. The maximum atomic E-state index is 12.5. The van der Waals surface area contributed by atoms with Gasteiger partial charge < -0.3 is 15.4 Å². The summed E-state index contributed by atoms with van der Waals surface area (Å²) < 4.78 is 5.63. The minimum atomic E-state index is 0.0682. The van der Waals surface area contributed by atoms with Crippen molar-refractivity contribution >= 4 is 17.5 Å². The van der Waals surface area contributed by atoms with Crippen LogP contribution in [0.25, 0.3) is 0 Å². The fourth-order valence-electron chi connectivity index (χ4n) is 4.64. The molecule has 1 fully saturated rings. The number of hydrogen-bond acceptors (Lipinski definition) is 6. The molecule has 0 aliphatic carbocycles. The molecule has 3 heterocycles. The molecule has 2 N–H and O–H groups in total. The van der Waals surface area contributed by atoms with Gasteiger partial charge in [-0.3, -0.25) is 9.69 Å². The lowest BCUT2D eigenvalue weighted by Crippen LogP contribution is -2.38. The Labute approximate surface area is 187 Å². The van der Waals surface area contributed by atoms with Crippen LogP contribution in [0.5, 0.6) is 6.01 Å². The number of nitrogen functional groups attached to an aromatic ring is 1. The fraction of sp³-hybridized carbons (Fsp3) is 0.792. The first-order chi connectivity index (χ1) is 15.0. The van der Waals surface area contributed by atoms with E-state index in [0.29, 0.717) is 37.3 Å². The Balaban J connectivity index is 1.39. The zero-order valence-electron chi connectivity index (χ0n) is 19.7. The third kappa shape index (κ3) is 6.55. The second-order valence-electron chi connectivity index (χ2n) is 9.39. The molecule has 31 heavy (non-hydrogen) atoms. The summed E-state index contributed by atoms with van der Waals surface area (Å²) >= 11 is 0. The van der Waals surface area contributed by atoms with Gasteiger partial charge in [-0.15, -0.1) is 0 Å². The van der Waals surface area contributed by atoms with E-state index >= 15 is 0 Å². The maximum absolute atomic E-state index is 12.5. The Hall–Kier alpha value is -1.89. The van der Waals surface area contributed by atoms with Gasteiger partial charge in [0.2, 0.25) is 5.91 Å². The number of carbonyl (C=O) groups is 1. The van der Waals surface area contributed by atoms with Crippen molar-refractivity contribution in [3.8, 4) is 6.01 Å². The number of rotatable bonds is 12. The number of nitrogens with two attached hydrogens (primary N) is 1. The molecule has 0 bridgehead atoms. The molecular formula is C24H41N5O2. The van der Waals surface area contributed by atoms with Crippen LogP contribution in [0.4, 0.5) is 11.6 Å². The van der Waals surface area contributed by atoms with Crippen molar-refractivity contribution in [3.63, 3.8) is 0 Å². The van der Waals surface area contributed by atoms with Crippen molar-refractivity contribution in [1.82, 2.24) is 14.9 Å². The van der Waals surface area contributed by atoms with Gasteiger partial charge in [-0.25, -0.2) is 0 Å². The SMILES string of the molecule is CCCCOc1nc(N)c2c(n1)N(CCCCCCC1CCN(C(C)C)CC1)C(=O)C2. The molecule has 0 radical (unpaired) electrons. The van der Waals surface area contributed by atoms with Crippen molar-refractivity contribution in [1.29, 1.82) is 0 Å². The summed E-state index contributed by atoms with van der Waals surface area (Å²) in [4.78, 5) is 25.6. The van der Waals surface area contributed by atoms with E-state index in [0.717, 1.165) is 37.2 Å². The van der Waals surface area contributed by atoms with Crippen molar-refractivity contribution in [3.05, 3.63) is 5.56 Å². The van der Waals surface area contributed by atoms with Crippen LogP contribution in [0, 0.1) is 5.92 Å². The van der Waals surface area contributed by atoms with Gasteiger partial charge in [-0.2, -0.15) is 9.97 Å². The number of nitrogens with zero attached hydrogens (tertiary/aromatic N) is 4. The van der Waals surface area contributed by atoms with Gasteiger partial charge >= 0.3 is 6.01 Å². The molecule has 1 saturated heterocycles. The number of hydrogen-bond donors (Lipinski definition) is 1. The summed E-state index contributed by atoms with van der Waals surface area (Å²) in [5.74, 6) is 1.99. The second kappa shape index (κ2) is 11.7. The molecular weight excluding hydrogens is 390 g/mol. The normalized spacial score (nSPS) is 17.5. The van der Waals surface area contributed by atoms with E-state index in [1.165, 1.54) is 45.2 Å². The molecule has 3 rings (SSSR count). The van der Waals surface area contributed by atoms with Crippen molar-refractivity contribution in [2.24, 2.45) is 5.92 Å². The zero-order chi connectivity index (χ0) is 22.2. The van der Waals surface area contributed by atoms with E-state index in [2.05, 4.69) is 35.6 Å². The van der Waals surface area contributed by atoms with Crippen LogP contribution in [0.15, 0.2) is 0 Å². The number of piperidine rings is 1. The Kier molecular flexibility index (Phi) is 8.93. The third-order valence-corrected chi connectivity index (χ3v) is 6.73. The highest BCUT2D eigenvalue weighted by molar-refractivity contribution is 6.01. The summed E-state index contributed by atoms with van der Waals surface area (Å²) in [6.07, 6.45) is 11.0. The third-order valence-electron chi connectivity index (χ3n) is 6.73. The summed E-state index contributed by atoms with van der Waals surface area (Å²) in [5, 5.41) is 0. The smallest absolute Gasteiger partial charge is 0.320 e. The molecule has 7 nitrogen and oxygen atoms in total. The lowest BCUT2D eigenvalue weighted by molar-refractivity contribution is -0.117. The average molecular weight is 432 g/mol. The molecule has 0 saturated carbocycles. The van der Waals surface area contributed by atoms with E-state index in [1.54, 1.807) is 4.90 Å². The minimum Gasteiger partial charge on any atom is -0.463 e. The van der Waals surface area contributed by atoms with E-state index in [1.807, 2.05) is 0 Å². The van der Waals surface area contributed by atoms with Crippen LogP contribution in [0.2, 0.25) is 0 Å². The quantitative estimate of drug-likeness (QED) is 0.499. The van der Waals surface area contributed by atoms with Gasteiger partial charge in [0.25, 0.3) is 0 Å². The number of ether oxygens (including phenoxy) is 1. The van der Waals surface area contributed by atoms with Crippen LogP contribution in [-0.4, -0.2) is 53.1 Å². The first-order valence-electron chi connectivity index (χ1n) is 12.3. The van der Waals surface area contributed by atoms with Gasteiger partial charge in [0.15, 0.2) is 0 Å². The molecule has 1 amide bonds. The topological polar surface area (TPSA) is 84.6 Å². The summed E-state index contributed by atoms with van der Waals surface area (Å²) in [6.45, 7) is 10.5. The minimum absolute atomic E-state index is 0.0682. The second-order valence-corrected chi connectivity index (χ2v) is 9.39. The first-order valence-corrected chi connectivity index (χ1v) is 12.3. The van der Waals surface area contributed by atoms with Gasteiger partial charge in [-0.05, 0) is 58.5 Å². The molecule has 1 aromatic rings. The van der Waals surface area contributed by atoms with Crippen LogP contribution >= 0.6 is 0 Å². The standard InChI is InChI=1S/C24H41N5O2/c1-4-5-16-31-24-26-22(25)20-17-21(30)29(23(20)27-24)13-9-7-6-8-10-19-11-14-28(15-12-19)18(2)3/h18-19H,4-17H2,1-3H3,(H2,25,26,27). The Bertz CT molecular complexity index is 716. The molecule has 2 aliphatic heterocycles. The van der Waals surface area contributed by atoms with Gasteiger partial charge in [0, 0.05) is 18.2 Å². The summed E-state index contributed by atoms with van der Waals surface area (Å²) in [7, 11) is 0. The van der Waals surface area contributed by atoms with E-state index in [-0.39, 0.29) is 11.9 Å². The van der Waals surface area contributed by atoms with E-state index in [9.17, 15) is 4.79 Å². The predicted octanol–water partition coefficient (Wildman–Crippen LogP) is 4.20. The number of amides is 1. The molecule has 174 valence electrons. The monoisotopic (exact) mass is 431 g/mol. The van der Waals surface area contributed by atoms with Crippen LogP contribution in [0.3, 0.4) is 0 Å². The number of anilines is 2. The van der Waals surface area contributed by atoms with Crippen LogP contribution in [-0.2, 0) is 11.2 Å². The molecule has 0 atom stereocenters. The lowest BCUT2D eigenvalue weighted by atomic mass is 9.90. The Morgan fingerprint density at radius 1 is 1.10 bits per heavy atom. The highest BCUT2D eigenvalue weighted by Crippen LogP contribution is 2.32. The number of carbonyl (C=O) groups excluding carboxylic acids is 1. The number of unbranched alkanes of at least 4 members (excludes halogenated alkanes) is 4. The first kappa shape index (κ1) is 23.8. The average Bonchev–Trinajstić information content (AvgIpc) is 3.07. The highest BCUT2D eigenvalue weighted by Gasteiger charge is 2.31. The van der Waals surface area contributed by atoms with Gasteiger partial charge in [0.05, 0.1) is 13.0 Å². The maximum Gasteiger partial charge on any atom is 0.320 e. The number of likely N-dealkylation sites (tertiary alicyclic amines) is 1. The van der Waals surface area contributed by atoms with E-state index in [4.69, 9.17) is 10.5 Å².